The van der Waals surface area contributed by atoms with Crippen LogP contribution in [0.25, 0.3) is 0 Å². The van der Waals surface area contributed by atoms with Gasteiger partial charge in [0.15, 0.2) is 0 Å². The van der Waals surface area contributed by atoms with Crippen molar-refractivity contribution < 1.29 is 17.9 Å². The van der Waals surface area contributed by atoms with Crippen LogP contribution in [0.1, 0.15) is 25.3 Å². The largest absolute Gasteiger partial charge is 0.494 e. The van der Waals surface area contributed by atoms with Gasteiger partial charge in [-0.2, -0.15) is 18.2 Å². The van der Waals surface area contributed by atoms with E-state index in [9.17, 15) is 13.2 Å². The highest BCUT2D eigenvalue weighted by molar-refractivity contribution is 5.63. The first-order chi connectivity index (χ1) is 14.0. The van der Waals surface area contributed by atoms with E-state index in [1.54, 1.807) is 54.6 Å². The van der Waals surface area contributed by atoms with Crippen LogP contribution in [0.4, 0.5) is 36.3 Å². The first-order valence-electron chi connectivity index (χ1n) is 9.22. The molecule has 0 saturated carbocycles. The van der Waals surface area contributed by atoms with Gasteiger partial charge in [0.05, 0.1) is 6.61 Å². The lowest BCUT2D eigenvalue weighted by atomic mass is 10.2. The van der Waals surface area contributed by atoms with Crippen molar-refractivity contribution in [1.82, 2.24) is 9.97 Å². The van der Waals surface area contributed by atoms with E-state index in [4.69, 9.17) is 4.74 Å². The van der Waals surface area contributed by atoms with Crippen LogP contribution in [0, 0.1) is 0 Å². The van der Waals surface area contributed by atoms with E-state index in [0.717, 1.165) is 24.8 Å². The van der Waals surface area contributed by atoms with Gasteiger partial charge in [-0.25, -0.2) is 4.98 Å². The number of nitrogens with zero attached hydrogens (tertiary/aromatic N) is 2. The van der Waals surface area contributed by atoms with E-state index in [-0.39, 0.29) is 11.8 Å². The number of halogens is 3. The normalized spacial score (nSPS) is 11.2. The van der Waals surface area contributed by atoms with Crippen molar-refractivity contribution in [2.24, 2.45) is 0 Å². The zero-order valence-electron chi connectivity index (χ0n) is 15.8. The molecule has 0 aliphatic rings. The van der Waals surface area contributed by atoms with Crippen LogP contribution in [-0.2, 0) is 6.18 Å². The van der Waals surface area contributed by atoms with Crippen molar-refractivity contribution in [3.63, 3.8) is 0 Å². The second-order valence-corrected chi connectivity index (χ2v) is 6.30. The highest BCUT2D eigenvalue weighted by Gasteiger charge is 2.35. The third-order valence-corrected chi connectivity index (χ3v) is 4.01. The highest BCUT2D eigenvalue weighted by Crippen LogP contribution is 2.35. The molecule has 1 aromatic heterocycles. The van der Waals surface area contributed by atoms with Crippen LogP contribution < -0.4 is 15.4 Å². The maximum atomic E-state index is 13.3. The van der Waals surface area contributed by atoms with Crippen LogP contribution in [0.5, 0.6) is 5.75 Å². The summed E-state index contributed by atoms with van der Waals surface area (Å²) < 4.78 is 45.6. The lowest BCUT2D eigenvalue weighted by molar-refractivity contribution is -0.137. The zero-order chi connectivity index (χ0) is 20.7. The number of benzene rings is 2. The number of para-hydroxylation sites is 1. The van der Waals surface area contributed by atoms with Crippen LogP contribution in [-0.4, -0.2) is 16.6 Å². The molecule has 0 aliphatic heterocycles. The van der Waals surface area contributed by atoms with Gasteiger partial charge >= 0.3 is 6.18 Å². The Balaban J connectivity index is 1.78. The van der Waals surface area contributed by atoms with Gasteiger partial charge in [-0.05, 0) is 42.8 Å². The lowest BCUT2D eigenvalue weighted by Gasteiger charge is -2.15. The molecule has 0 atom stereocenters. The molecule has 0 radical (unpaired) electrons. The Hall–Kier alpha value is -3.29. The second-order valence-electron chi connectivity index (χ2n) is 6.30. The molecule has 8 heteroatoms. The number of aromatic nitrogens is 2. The van der Waals surface area contributed by atoms with Gasteiger partial charge in [0, 0.05) is 17.6 Å². The van der Waals surface area contributed by atoms with E-state index in [2.05, 4.69) is 27.5 Å². The van der Waals surface area contributed by atoms with Gasteiger partial charge in [0.25, 0.3) is 0 Å². The van der Waals surface area contributed by atoms with E-state index in [1.165, 1.54) is 0 Å². The molecule has 0 aliphatic carbocycles. The first-order valence-corrected chi connectivity index (χ1v) is 9.22. The molecule has 0 saturated heterocycles. The topological polar surface area (TPSA) is 59.1 Å². The molecule has 0 spiro atoms. The molecular formula is C21H21F3N4O. The molecule has 3 aromatic rings. The van der Waals surface area contributed by atoms with Crippen LogP contribution in [0.15, 0.2) is 60.8 Å². The number of hydrogen-bond donors (Lipinski definition) is 2. The fourth-order valence-electron chi connectivity index (χ4n) is 2.50. The second kappa shape index (κ2) is 9.27. The molecule has 152 valence electrons. The molecule has 0 unspecified atom stereocenters. The fraction of sp³-hybridized carbons (Fsp3) is 0.238. The molecule has 1 heterocycles. The number of nitrogens with one attached hydrogen (secondary N) is 2. The van der Waals surface area contributed by atoms with Crippen molar-refractivity contribution in [3.05, 3.63) is 66.4 Å². The molecular weight excluding hydrogens is 381 g/mol. The van der Waals surface area contributed by atoms with Crippen LogP contribution in [0.2, 0.25) is 0 Å². The van der Waals surface area contributed by atoms with E-state index in [1.807, 2.05) is 0 Å². The summed E-state index contributed by atoms with van der Waals surface area (Å²) in [5.41, 5.74) is 0.195. The number of rotatable bonds is 8. The van der Waals surface area contributed by atoms with Crippen molar-refractivity contribution in [2.75, 3.05) is 17.2 Å². The van der Waals surface area contributed by atoms with Gasteiger partial charge in [-0.15, -0.1) is 0 Å². The van der Waals surface area contributed by atoms with Gasteiger partial charge in [0.1, 0.15) is 17.1 Å². The predicted molar refractivity (Wildman–Crippen MR) is 107 cm³/mol. The standard InChI is InChI=1S/C21H21F3N4O/c1-2-3-13-29-17-11-9-16(10-12-17)27-20-25-14-18(21(22,23)24)19(28-20)26-15-7-5-4-6-8-15/h4-12,14H,2-3,13H2,1H3,(H2,25,26,27,28). The van der Waals surface area contributed by atoms with E-state index in [0.29, 0.717) is 18.0 Å². The summed E-state index contributed by atoms with van der Waals surface area (Å²) in [6, 6.07) is 15.6. The molecule has 0 bridgehead atoms. The number of alkyl halides is 3. The number of ether oxygens (including phenoxy) is 1. The Kier molecular flexibility index (Phi) is 6.54. The minimum atomic E-state index is -4.58. The summed E-state index contributed by atoms with van der Waals surface area (Å²) in [5, 5.41) is 5.63. The summed E-state index contributed by atoms with van der Waals surface area (Å²) in [6.07, 6.45) is -1.79. The zero-order valence-corrected chi connectivity index (χ0v) is 15.8. The third kappa shape index (κ3) is 5.84. The first kappa shape index (κ1) is 20.4. The molecule has 2 aromatic carbocycles. The monoisotopic (exact) mass is 402 g/mol. The van der Waals surface area contributed by atoms with Gasteiger partial charge in [0.2, 0.25) is 5.95 Å². The summed E-state index contributed by atoms with van der Waals surface area (Å²) in [7, 11) is 0. The Bertz CT molecular complexity index is 915. The molecule has 0 amide bonds. The molecule has 0 fully saturated rings. The van der Waals surface area contributed by atoms with Crippen LogP contribution >= 0.6 is 0 Å². The summed E-state index contributed by atoms with van der Waals surface area (Å²) in [6.45, 7) is 2.72. The summed E-state index contributed by atoms with van der Waals surface area (Å²) in [5.74, 6) is 0.459. The maximum absolute atomic E-state index is 13.3. The van der Waals surface area contributed by atoms with Gasteiger partial charge in [-0.1, -0.05) is 31.5 Å². The van der Waals surface area contributed by atoms with Crippen LogP contribution in [0.3, 0.4) is 0 Å². The van der Waals surface area contributed by atoms with Gasteiger partial charge < -0.3 is 15.4 Å². The fourth-order valence-corrected chi connectivity index (χ4v) is 2.50. The van der Waals surface area contributed by atoms with Gasteiger partial charge in [-0.3, -0.25) is 0 Å². The molecule has 5 nitrogen and oxygen atoms in total. The smallest absolute Gasteiger partial charge is 0.421 e. The van der Waals surface area contributed by atoms with Crippen molar-refractivity contribution in [3.8, 4) is 5.75 Å². The number of unbranched alkanes of at least 4 members (excludes halogenated alkanes) is 1. The average molecular weight is 402 g/mol. The van der Waals surface area contributed by atoms with E-state index >= 15 is 0 Å². The molecule has 3 rings (SSSR count). The summed E-state index contributed by atoms with van der Waals surface area (Å²) >= 11 is 0. The Labute approximate surface area is 167 Å². The average Bonchev–Trinajstić information content (AvgIpc) is 2.70. The SMILES string of the molecule is CCCCOc1ccc(Nc2ncc(C(F)(F)F)c(Nc3ccccc3)n2)cc1. The highest BCUT2D eigenvalue weighted by atomic mass is 19.4. The molecule has 2 N–H and O–H groups in total. The van der Waals surface area contributed by atoms with Crippen molar-refractivity contribution in [1.29, 1.82) is 0 Å². The van der Waals surface area contributed by atoms with E-state index < -0.39 is 11.7 Å². The number of hydrogen-bond acceptors (Lipinski definition) is 5. The Morgan fingerprint density at radius 1 is 0.931 bits per heavy atom. The minimum Gasteiger partial charge on any atom is -0.494 e. The third-order valence-electron chi connectivity index (χ3n) is 4.01. The Morgan fingerprint density at radius 3 is 2.28 bits per heavy atom. The maximum Gasteiger partial charge on any atom is 0.421 e. The molecule has 29 heavy (non-hydrogen) atoms. The predicted octanol–water partition coefficient (Wildman–Crippen LogP) is 6.16. The quantitative estimate of drug-likeness (QED) is 0.442. The Morgan fingerprint density at radius 2 is 1.62 bits per heavy atom. The number of anilines is 4. The summed E-state index contributed by atoms with van der Waals surface area (Å²) in [4.78, 5) is 7.84. The van der Waals surface area contributed by atoms with Crippen molar-refractivity contribution in [2.45, 2.75) is 25.9 Å². The lowest BCUT2D eigenvalue weighted by Crippen LogP contribution is -2.12. The minimum absolute atomic E-state index is 0.0519. The van der Waals surface area contributed by atoms with Crippen molar-refractivity contribution >= 4 is 23.1 Å².